The molecular weight excluding hydrogens is 328 g/mol. The Bertz CT molecular complexity index is 684. The molecule has 0 fully saturated rings. The first-order valence-electron chi connectivity index (χ1n) is 6.70. The van der Waals surface area contributed by atoms with E-state index >= 15 is 0 Å². The highest BCUT2D eigenvalue weighted by atomic mass is 35.5. The lowest BCUT2D eigenvalue weighted by Crippen LogP contribution is -2.31. The molecule has 4 nitrogen and oxygen atoms in total. The van der Waals surface area contributed by atoms with Gasteiger partial charge in [0.1, 0.15) is 35.3 Å². The third-order valence-corrected chi connectivity index (χ3v) is 3.36. The minimum atomic E-state index is -1.11. The van der Waals surface area contributed by atoms with Gasteiger partial charge in [-0.05, 0) is 24.3 Å². The van der Waals surface area contributed by atoms with Gasteiger partial charge < -0.3 is 14.7 Å². The van der Waals surface area contributed by atoms with Crippen LogP contribution in [0.2, 0.25) is 5.02 Å². The fourth-order valence-corrected chi connectivity index (χ4v) is 2.02. The summed E-state index contributed by atoms with van der Waals surface area (Å²) < 4.78 is 32.0. The van der Waals surface area contributed by atoms with Gasteiger partial charge in [-0.1, -0.05) is 11.6 Å². The minimum Gasteiger partial charge on any atom is -0.507 e. The van der Waals surface area contributed by atoms with Crippen LogP contribution in [0.15, 0.2) is 36.4 Å². The number of carbonyl (C=O) groups is 1. The van der Waals surface area contributed by atoms with Crippen molar-refractivity contribution in [2.24, 2.45) is 0 Å². The molecule has 1 N–H and O–H groups in total. The number of rotatable bonds is 5. The molecule has 0 saturated carbocycles. The van der Waals surface area contributed by atoms with E-state index in [1.54, 1.807) is 24.3 Å². The first-order chi connectivity index (χ1) is 10.9. The van der Waals surface area contributed by atoms with Gasteiger partial charge >= 0.3 is 0 Å². The van der Waals surface area contributed by atoms with Gasteiger partial charge in [-0.2, -0.15) is 0 Å². The van der Waals surface area contributed by atoms with Crippen molar-refractivity contribution in [3.8, 4) is 11.5 Å². The Kier molecular flexibility index (Phi) is 5.39. The molecule has 0 aliphatic heterocycles. The molecule has 0 bridgehead atoms. The van der Waals surface area contributed by atoms with Gasteiger partial charge in [0.15, 0.2) is 0 Å². The van der Waals surface area contributed by atoms with E-state index in [0.29, 0.717) is 22.9 Å². The summed E-state index contributed by atoms with van der Waals surface area (Å²) in [5, 5.41) is 10.1. The summed E-state index contributed by atoms with van der Waals surface area (Å²) in [6.45, 7) is 0.311. The van der Waals surface area contributed by atoms with Crippen molar-refractivity contribution in [1.82, 2.24) is 4.90 Å². The highest BCUT2D eigenvalue weighted by Gasteiger charge is 2.21. The molecule has 0 atom stereocenters. The SMILES string of the molecule is CN(CCOc1ccc(Cl)cc1)C(=O)c1c(O)cc(F)cc1F. The van der Waals surface area contributed by atoms with Gasteiger partial charge in [0, 0.05) is 24.2 Å². The van der Waals surface area contributed by atoms with Gasteiger partial charge in [0.2, 0.25) is 0 Å². The minimum absolute atomic E-state index is 0.151. The van der Waals surface area contributed by atoms with Crippen LogP contribution in [0, 0.1) is 11.6 Å². The predicted molar refractivity (Wildman–Crippen MR) is 81.9 cm³/mol. The van der Waals surface area contributed by atoms with Crippen molar-refractivity contribution < 1.29 is 23.4 Å². The van der Waals surface area contributed by atoms with Crippen molar-refractivity contribution in [3.63, 3.8) is 0 Å². The number of amides is 1. The van der Waals surface area contributed by atoms with Crippen LogP contribution in [0.1, 0.15) is 10.4 Å². The quantitative estimate of drug-likeness (QED) is 0.906. The molecule has 2 aromatic carbocycles. The van der Waals surface area contributed by atoms with Crippen LogP contribution in [-0.4, -0.2) is 36.1 Å². The maximum atomic E-state index is 13.7. The maximum Gasteiger partial charge on any atom is 0.260 e. The monoisotopic (exact) mass is 341 g/mol. The molecule has 0 aliphatic carbocycles. The van der Waals surface area contributed by atoms with Crippen molar-refractivity contribution in [2.75, 3.05) is 20.2 Å². The van der Waals surface area contributed by atoms with E-state index in [0.717, 1.165) is 0 Å². The Hall–Kier alpha value is -2.34. The van der Waals surface area contributed by atoms with Crippen LogP contribution >= 0.6 is 11.6 Å². The number of likely N-dealkylation sites (N-methyl/N-ethyl adjacent to an activating group) is 1. The van der Waals surface area contributed by atoms with Gasteiger partial charge in [-0.15, -0.1) is 0 Å². The molecular formula is C16H14ClF2NO3. The Labute approximate surface area is 136 Å². The molecule has 0 spiro atoms. The number of halogens is 3. The molecule has 0 unspecified atom stereocenters. The zero-order valence-corrected chi connectivity index (χ0v) is 13.0. The van der Waals surface area contributed by atoms with Crippen LogP contribution < -0.4 is 4.74 Å². The summed E-state index contributed by atoms with van der Waals surface area (Å²) in [5.41, 5.74) is -0.569. The highest BCUT2D eigenvalue weighted by molar-refractivity contribution is 6.30. The summed E-state index contributed by atoms with van der Waals surface area (Å²) in [4.78, 5) is 13.3. The lowest BCUT2D eigenvalue weighted by atomic mass is 10.1. The molecule has 2 rings (SSSR count). The lowest BCUT2D eigenvalue weighted by molar-refractivity contribution is 0.0765. The smallest absolute Gasteiger partial charge is 0.260 e. The van der Waals surface area contributed by atoms with E-state index in [-0.39, 0.29) is 13.2 Å². The topological polar surface area (TPSA) is 49.8 Å². The number of benzene rings is 2. The van der Waals surface area contributed by atoms with Gasteiger partial charge in [-0.3, -0.25) is 4.79 Å². The van der Waals surface area contributed by atoms with E-state index in [9.17, 15) is 18.7 Å². The molecule has 23 heavy (non-hydrogen) atoms. The molecule has 0 heterocycles. The second kappa shape index (κ2) is 7.28. The number of hydrogen-bond donors (Lipinski definition) is 1. The molecule has 2 aromatic rings. The zero-order chi connectivity index (χ0) is 17.0. The Morgan fingerprint density at radius 3 is 2.52 bits per heavy atom. The number of ether oxygens (including phenoxy) is 1. The van der Waals surface area contributed by atoms with E-state index in [1.807, 2.05) is 0 Å². The van der Waals surface area contributed by atoms with Crippen LogP contribution in [0.25, 0.3) is 0 Å². The van der Waals surface area contributed by atoms with Crippen LogP contribution in [0.4, 0.5) is 8.78 Å². The number of phenolic OH excluding ortho intramolecular Hbond substituents is 1. The number of nitrogens with zero attached hydrogens (tertiary/aromatic N) is 1. The first kappa shape index (κ1) is 17.0. The molecule has 0 radical (unpaired) electrons. The average molecular weight is 342 g/mol. The molecule has 0 saturated heterocycles. The third-order valence-electron chi connectivity index (χ3n) is 3.10. The normalized spacial score (nSPS) is 10.4. The van der Waals surface area contributed by atoms with Gasteiger partial charge in [0.25, 0.3) is 5.91 Å². The average Bonchev–Trinajstić information content (AvgIpc) is 2.48. The van der Waals surface area contributed by atoms with E-state index in [4.69, 9.17) is 16.3 Å². The highest BCUT2D eigenvalue weighted by Crippen LogP contribution is 2.23. The summed E-state index contributed by atoms with van der Waals surface area (Å²) in [7, 11) is 1.43. The van der Waals surface area contributed by atoms with Crippen molar-refractivity contribution in [2.45, 2.75) is 0 Å². The fourth-order valence-electron chi connectivity index (χ4n) is 1.90. The van der Waals surface area contributed by atoms with Crippen molar-refractivity contribution in [3.05, 3.63) is 58.6 Å². The van der Waals surface area contributed by atoms with Crippen LogP contribution in [0.5, 0.6) is 11.5 Å². The summed E-state index contributed by atoms with van der Waals surface area (Å²) in [6.07, 6.45) is 0. The molecule has 0 aliphatic rings. The second-order valence-corrected chi connectivity index (χ2v) is 5.25. The predicted octanol–water partition coefficient (Wildman–Crippen LogP) is 3.47. The Morgan fingerprint density at radius 2 is 1.91 bits per heavy atom. The van der Waals surface area contributed by atoms with E-state index in [2.05, 4.69) is 0 Å². The number of hydrogen-bond acceptors (Lipinski definition) is 3. The van der Waals surface area contributed by atoms with Crippen LogP contribution in [-0.2, 0) is 0 Å². The first-order valence-corrected chi connectivity index (χ1v) is 7.08. The summed E-state index contributed by atoms with van der Waals surface area (Å²) >= 11 is 5.75. The largest absolute Gasteiger partial charge is 0.507 e. The summed E-state index contributed by atoms with van der Waals surface area (Å²) in [5.74, 6) is -2.99. The number of carbonyl (C=O) groups excluding carboxylic acids is 1. The number of phenols is 1. The standard InChI is InChI=1S/C16H14ClF2NO3/c1-20(6-7-23-12-4-2-10(17)3-5-12)16(22)15-13(19)8-11(18)9-14(15)21/h2-5,8-9,21H,6-7H2,1H3. The van der Waals surface area contributed by atoms with Crippen molar-refractivity contribution >= 4 is 17.5 Å². The molecule has 7 heteroatoms. The van der Waals surface area contributed by atoms with Crippen LogP contribution in [0.3, 0.4) is 0 Å². The van der Waals surface area contributed by atoms with Gasteiger partial charge in [0.05, 0.1) is 6.54 Å². The van der Waals surface area contributed by atoms with E-state index in [1.165, 1.54) is 11.9 Å². The van der Waals surface area contributed by atoms with E-state index < -0.39 is 28.9 Å². The van der Waals surface area contributed by atoms with Crippen molar-refractivity contribution in [1.29, 1.82) is 0 Å². The molecule has 1 amide bonds. The second-order valence-electron chi connectivity index (χ2n) is 4.81. The summed E-state index contributed by atoms with van der Waals surface area (Å²) in [6, 6.07) is 7.92. The Balaban J connectivity index is 1.96. The number of aromatic hydroxyl groups is 1. The fraction of sp³-hybridized carbons (Fsp3) is 0.188. The zero-order valence-electron chi connectivity index (χ0n) is 12.2. The molecule has 0 aromatic heterocycles. The Morgan fingerprint density at radius 1 is 1.26 bits per heavy atom. The molecule has 122 valence electrons. The maximum absolute atomic E-state index is 13.7. The lowest BCUT2D eigenvalue weighted by Gasteiger charge is -2.18. The third kappa shape index (κ3) is 4.32. The van der Waals surface area contributed by atoms with Gasteiger partial charge in [-0.25, -0.2) is 8.78 Å².